The first-order valence-electron chi connectivity index (χ1n) is 7.22. The molecule has 2 N–H and O–H groups in total. The molecule has 1 unspecified atom stereocenters. The fraction of sp³-hybridized carbons (Fsp3) is 0.733. The molecule has 1 heterocycles. The van der Waals surface area contributed by atoms with Crippen LogP contribution >= 0.6 is 0 Å². The van der Waals surface area contributed by atoms with Gasteiger partial charge in [0.15, 0.2) is 0 Å². The van der Waals surface area contributed by atoms with E-state index in [2.05, 4.69) is 43.0 Å². The average Bonchev–Trinajstić information content (AvgIpc) is 2.34. The maximum absolute atomic E-state index is 9.20. The SMILES string of the molecule is CCCOc1cc(C)nc(NC(CCO)C(C)(C)C)n1. The van der Waals surface area contributed by atoms with Crippen molar-refractivity contribution in [2.24, 2.45) is 5.41 Å². The van der Waals surface area contributed by atoms with Crippen LogP contribution in [0.15, 0.2) is 6.07 Å². The smallest absolute Gasteiger partial charge is 0.226 e. The number of aliphatic hydroxyl groups excluding tert-OH is 1. The van der Waals surface area contributed by atoms with Crippen LogP contribution in [0.1, 0.15) is 46.2 Å². The minimum Gasteiger partial charge on any atom is -0.478 e. The van der Waals surface area contributed by atoms with E-state index in [-0.39, 0.29) is 18.1 Å². The Morgan fingerprint density at radius 2 is 2.05 bits per heavy atom. The lowest BCUT2D eigenvalue weighted by Crippen LogP contribution is -2.35. The molecule has 0 saturated carbocycles. The topological polar surface area (TPSA) is 67.3 Å². The summed E-state index contributed by atoms with van der Waals surface area (Å²) in [7, 11) is 0. The van der Waals surface area contributed by atoms with Gasteiger partial charge in [-0.05, 0) is 25.2 Å². The van der Waals surface area contributed by atoms with Crippen molar-refractivity contribution in [1.82, 2.24) is 9.97 Å². The van der Waals surface area contributed by atoms with Gasteiger partial charge in [-0.3, -0.25) is 0 Å². The Labute approximate surface area is 121 Å². The van der Waals surface area contributed by atoms with Crippen molar-refractivity contribution in [3.8, 4) is 5.88 Å². The lowest BCUT2D eigenvalue weighted by atomic mass is 9.85. The van der Waals surface area contributed by atoms with E-state index in [4.69, 9.17) is 4.74 Å². The van der Waals surface area contributed by atoms with Crippen LogP contribution in [0.2, 0.25) is 0 Å². The van der Waals surface area contributed by atoms with Gasteiger partial charge in [-0.1, -0.05) is 27.7 Å². The van der Waals surface area contributed by atoms with Gasteiger partial charge in [0.05, 0.1) is 6.61 Å². The molecular formula is C15H27N3O2. The van der Waals surface area contributed by atoms with Crippen LogP contribution in [0.5, 0.6) is 5.88 Å². The van der Waals surface area contributed by atoms with Crippen molar-refractivity contribution in [1.29, 1.82) is 0 Å². The number of aliphatic hydroxyl groups is 1. The second kappa shape index (κ2) is 7.43. The molecular weight excluding hydrogens is 254 g/mol. The lowest BCUT2D eigenvalue weighted by Gasteiger charge is -2.31. The highest BCUT2D eigenvalue weighted by molar-refractivity contribution is 5.32. The van der Waals surface area contributed by atoms with Crippen molar-refractivity contribution in [2.75, 3.05) is 18.5 Å². The first-order valence-corrected chi connectivity index (χ1v) is 7.22. The van der Waals surface area contributed by atoms with Crippen molar-refractivity contribution < 1.29 is 9.84 Å². The first kappa shape index (κ1) is 16.7. The van der Waals surface area contributed by atoms with Crippen LogP contribution in [0.25, 0.3) is 0 Å². The van der Waals surface area contributed by atoms with Crippen LogP contribution < -0.4 is 10.1 Å². The Bertz CT molecular complexity index is 416. The molecule has 0 spiro atoms. The highest BCUT2D eigenvalue weighted by Gasteiger charge is 2.25. The summed E-state index contributed by atoms with van der Waals surface area (Å²) in [4.78, 5) is 8.77. The average molecular weight is 281 g/mol. The minimum atomic E-state index is 0.0142. The van der Waals surface area contributed by atoms with E-state index in [0.717, 1.165) is 12.1 Å². The molecule has 0 aromatic carbocycles. The van der Waals surface area contributed by atoms with Gasteiger partial charge in [0.2, 0.25) is 11.8 Å². The van der Waals surface area contributed by atoms with Crippen molar-refractivity contribution in [3.63, 3.8) is 0 Å². The molecule has 0 aliphatic carbocycles. The lowest BCUT2D eigenvalue weighted by molar-refractivity contribution is 0.234. The summed E-state index contributed by atoms with van der Waals surface area (Å²) in [6, 6.07) is 1.94. The highest BCUT2D eigenvalue weighted by atomic mass is 16.5. The summed E-state index contributed by atoms with van der Waals surface area (Å²) < 4.78 is 5.56. The van der Waals surface area contributed by atoms with Gasteiger partial charge in [0, 0.05) is 24.4 Å². The molecule has 0 saturated heterocycles. The Hall–Kier alpha value is -1.36. The molecule has 0 fully saturated rings. The fourth-order valence-electron chi connectivity index (χ4n) is 1.89. The zero-order chi connectivity index (χ0) is 15.2. The first-order chi connectivity index (χ1) is 9.36. The number of rotatable bonds is 7. The molecule has 0 bridgehead atoms. The number of hydrogen-bond acceptors (Lipinski definition) is 5. The number of nitrogens with zero attached hydrogens (tertiary/aromatic N) is 2. The second-order valence-electron chi connectivity index (χ2n) is 6.09. The molecule has 0 amide bonds. The van der Waals surface area contributed by atoms with E-state index in [1.165, 1.54) is 0 Å². The van der Waals surface area contributed by atoms with E-state index in [0.29, 0.717) is 24.9 Å². The zero-order valence-corrected chi connectivity index (χ0v) is 13.2. The van der Waals surface area contributed by atoms with Crippen LogP contribution in [0.4, 0.5) is 5.95 Å². The number of ether oxygens (including phenoxy) is 1. The molecule has 1 aromatic heterocycles. The molecule has 0 aliphatic rings. The third-order valence-corrected chi connectivity index (χ3v) is 3.05. The highest BCUT2D eigenvalue weighted by Crippen LogP contribution is 2.25. The molecule has 114 valence electrons. The van der Waals surface area contributed by atoms with Gasteiger partial charge in [-0.25, -0.2) is 4.98 Å². The Morgan fingerprint density at radius 3 is 2.60 bits per heavy atom. The fourth-order valence-corrected chi connectivity index (χ4v) is 1.89. The Kier molecular flexibility index (Phi) is 6.20. The number of aryl methyl sites for hydroxylation is 1. The van der Waals surface area contributed by atoms with Crippen LogP contribution in [-0.4, -0.2) is 34.3 Å². The van der Waals surface area contributed by atoms with Gasteiger partial charge in [0.25, 0.3) is 0 Å². The summed E-state index contributed by atoms with van der Waals surface area (Å²) in [5.41, 5.74) is 0.880. The normalized spacial score (nSPS) is 13.1. The molecule has 1 rings (SSSR count). The van der Waals surface area contributed by atoms with Gasteiger partial charge in [-0.15, -0.1) is 0 Å². The van der Waals surface area contributed by atoms with Gasteiger partial charge in [0.1, 0.15) is 0 Å². The van der Waals surface area contributed by atoms with Crippen molar-refractivity contribution in [3.05, 3.63) is 11.8 Å². The molecule has 5 nitrogen and oxygen atoms in total. The van der Waals surface area contributed by atoms with E-state index in [1.54, 1.807) is 0 Å². The summed E-state index contributed by atoms with van der Waals surface area (Å²) in [5.74, 6) is 1.16. The quantitative estimate of drug-likeness (QED) is 0.804. The summed E-state index contributed by atoms with van der Waals surface area (Å²) in [6.07, 6.45) is 1.60. The molecule has 1 atom stereocenters. The summed E-state index contributed by atoms with van der Waals surface area (Å²) >= 11 is 0. The Morgan fingerprint density at radius 1 is 1.35 bits per heavy atom. The van der Waals surface area contributed by atoms with E-state index in [9.17, 15) is 5.11 Å². The van der Waals surface area contributed by atoms with Gasteiger partial charge in [-0.2, -0.15) is 4.98 Å². The molecule has 20 heavy (non-hydrogen) atoms. The van der Waals surface area contributed by atoms with E-state index >= 15 is 0 Å². The number of hydrogen-bond donors (Lipinski definition) is 2. The number of nitrogens with one attached hydrogen (secondary N) is 1. The summed E-state index contributed by atoms with van der Waals surface area (Å²) in [5, 5.41) is 12.5. The van der Waals surface area contributed by atoms with Gasteiger partial charge >= 0.3 is 0 Å². The number of anilines is 1. The standard InChI is InChI=1S/C15H27N3O2/c1-6-9-20-13-10-11(2)16-14(18-13)17-12(7-8-19)15(3,4)5/h10,12,19H,6-9H2,1-5H3,(H,16,17,18). The largest absolute Gasteiger partial charge is 0.478 e. The molecule has 0 radical (unpaired) electrons. The van der Waals surface area contributed by atoms with Crippen molar-refractivity contribution >= 4 is 5.95 Å². The number of aromatic nitrogens is 2. The van der Waals surface area contributed by atoms with Crippen LogP contribution in [0, 0.1) is 12.3 Å². The maximum Gasteiger partial charge on any atom is 0.226 e. The molecule has 1 aromatic rings. The monoisotopic (exact) mass is 281 g/mol. The second-order valence-corrected chi connectivity index (χ2v) is 6.09. The van der Waals surface area contributed by atoms with Crippen molar-refractivity contribution in [2.45, 2.75) is 53.5 Å². The minimum absolute atomic E-state index is 0.0142. The Balaban J connectivity index is 2.86. The molecule has 0 aliphatic heterocycles. The van der Waals surface area contributed by atoms with E-state index in [1.807, 2.05) is 13.0 Å². The maximum atomic E-state index is 9.20. The predicted octanol–water partition coefficient (Wildman–Crippen LogP) is 2.78. The third kappa shape index (κ3) is 5.33. The van der Waals surface area contributed by atoms with Gasteiger partial charge < -0.3 is 15.2 Å². The van der Waals surface area contributed by atoms with Crippen LogP contribution in [0.3, 0.4) is 0 Å². The van der Waals surface area contributed by atoms with Crippen LogP contribution in [-0.2, 0) is 0 Å². The zero-order valence-electron chi connectivity index (χ0n) is 13.2. The third-order valence-electron chi connectivity index (χ3n) is 3.05. The summed E-state index contributed by atoms with van der Waals surface area (Å²) in [6.45, 7) is 11.2. The predicted molar refractivity (Wildman–Crippen MR) is 81.1 cm³/mol. The van der Waals surface area contributed by atoms with E-state index < -0.39 is 0 Å². The molecule has 5 heteroatoms.